The zero-order valence-electron chi connectivity index (χ0n) is 10.3. The van der Waals surface area contributed by atoms with E-state index >= 15 is 0 Å². The van der Waals surface area contributed by atoms with E-state index in [0.717, 1.165) is 5.56 Å². The van der Waals surface area contributed by atoms with Crippen LogP contribution in [0, 0.1) is 5.82 Å². The Morgan fingerprint density at radius 3 is 2.63 bits per heavy atom. The average molecular weight is 326 g/mol. The highest BCUT2D eigenvalue weighted by atomic mass is 79.9. The molecule has 2 N–H and O–H groups in total. The lowest BCUT2D eigenvalue weighted by molar-refractivity contribution is 0.284. The van der Waals surface area contributed by atoms with E-state index in [9.17, 15) is 4.39 Å². The van der Waals surface area contributed by atoms with Crippen LogP contribution in [-0.4, -0.2) is 7.11 Å². The third kappa shape index (κ3) is 3.38. The second-order valence-electron chi connectivity index (χ2n) is 3.95. The predicted octanol–water partition coefficient (Wildman–Crippen LogP) is 3.76. The fourth-order valence-corrected chi connectivity index (χ4v) is 2.02. The van der Waals surface area contributed by atoms with Crippen LogP contribution in [0.4, 0.5) is 10.1 Å². The Morgan fingerprint density at radius 1 is 1.16 bits per heavy atom. The van der Waals surface area contributed by atoms with Gasteiger partial charge < -0.3 is 15.2 Å². The van der Waals surface area contributed by atoms with E-state index in [1.165, 1.54) is 6.07 Å². The largest absolute Gasteiger partial charge is 0.493 e. The lowest BCUT2D eigenvalue weighted by Gasteiger charge is -2.11. The van der Waals surface area contributed by atoms with Crippen LogP contribution in [0.25, 0.3) is 0 Å². The smallest absolute Gasteiger partial charge is 0.163 e. The van der Waals surface area contributed by atoms with Crippen molar-refractivity contribution >= 4 is 21.6 Å². The maximum atomic E-state index is 13.1. The van der Waals surface area contributed by atoms with Gasteiger partial charge in [-0.2, -0.15) is 0 Å². The first-order chi connectivity index (χ1) is 9.10. The molecule has 2 aromatic carbocycles. The second-order valence-corrected chi connectivity index (χ2v) is 4.80. The van der Waals surface area contributed by atoms with Crippen molar-refractivity contribution in [2.75, 3.05) is 12.8 Å². The molecule has 0 bridgehead atoms. The van der Waals surface area contributed by atoms with Gasteiger partial charge in [0, 0.05) is 11.8 Å². The summed E-state index contributed by atoms with van der Waals surface area (Å²) >= 11 is 3.14. The molecule has 19 heavy (non-hydrogen) atoms. The maximum absolute atomic E-state index is 13.1. The molecule has 0 aliphatic carbocycles. The van der Waals surface area contributed by atoms with Crippen molar-refractivity contribution < 1.29 is 13.9 Å². The van der Waals surface area contributed by atoms with E-state index < -0.39 is 0 Å². The van der Waals surface area contributed by atoms with Crippen molar-refractivity contribution in [1.82, 2.24) is 0 Å². The summed E-state index contributed by atoms with van der Waals surface area (Å²) in [6.07, 6.45) is 0. The first kappa shape index (κ1) is 13.7. The zero-order chi connectivity index (χ0) is 13.8. The van der Waals surface area contributed by atoms with Crippen molar-refractivity contribution in [3.05, 3.63) is 52.3 Å². The Kier molecular flexibility index (Phi) is 4.27. The molecule has 2 rings (SSSR count). The molecule has 0 amide bonds. The summed E-state index contributed by atoms with van der Waals surface area (Å²) in [5.41, 5.74) is 7.14. The summed E-state index contributed by atoms with van der Waals surface area (Å²) in [6.45, 7) is 0.304. The molecule has 0 heterocycles. The first-order valence-corrected chi connectivity index (χ1v) is 6.39. The van der Waals surface area contributed by atoms with E-state index in [-0.39, 0.29) is 5.82 Å². The normalized spacial score (nSPS) is 10.3. The van der Waals surface area contributed by atoms with E-state index in [4.69, 9.17) is 15.2 Å². The molecule has 0 spiro atoms. The Bertz CT molecular complexity index is 590. The highest BCUT2D eigenvalue weighted by molar-refractivity contribution is 9.10. The van der Waals surface area contributed by atoms with Gasteiger partial charge in [0.25, 0.3) is 0 Å². The summed E-state index contributed by atoms with van der Waals surface area (Å²) < 4.78 is 24.3. The minimum atomic E-state index is -0.301. The van der Waals surface area contributed by atoms with Crippen LogP contribution in [0.1, 0.15) is 5.56 Å². The second kappa shape index (κ2) is 5.93. The van der Waals surface area contributed by atoms with Crippen LogP contribution in [0.3, 0.4) is 0 Å². The molecule has 0 unspecified atom stereocenters. The van der Waals surface area contributed by atoms with E-state index in [0.29, 0.717) is 28.3 Å². The molecule has 3 nitrogen and oxygen atoms in total. The molecule has 0 atom stereocenters. The molecule has 0 fully saturated rings. The van der Waals surface area contributed by atoms with Crippen molar-refractivity contribution in [3.8, 4) is 11.5 Å². The number of nitrogen functional groups attached to an aromatic ring is 1. The molecule has 0 aliphatic heterocycles. The van der Waals surface area contributed by atoms with Crippen LogP contribution in [0.5, 0.6) is 11.5 Å². The molecule has 0 radical (unpaired) electrons. The number of rotatable bonds is 4. The average Bonchev–Trinajstić information content (AvgIpc) is 2.40. The number of methoxy groups -OCH3 is 1. The van der Waals surface area contributed by atoms with Crippen LogP contribution < -0.4 is 15.2 Å². The van der Waals surface area contributed by atoms with Crippen LogP contribution in [0.15, 0.2) is 40.9 Å². The van der Waals surface area contributed by atoms with Gasteiger partial charge in [-0.3, -0.25) is 0 Å². The molecule has 2 aromatic rings. The Balaban J connectivity index is 2.13. The highest BCUT2D eigenvalue weighted by Gasteiger charge is 2.06. The third-order valence-electron chi connectivity index (χ3n) is 2.57. The van der Waals surface area contributed by atoms with Gasteiger partial charge in [-0.25, -0.2) is 4.39 Å². The molecular weight excluding hydrogens is 313 g/mol. The Labute approximate surface area is 119 Å². The molecule has 0 saturated carbocycles. The molecule has 100 valence electrons. The van der Waals surface area contributed by atoms with Gasteiger partial charge in [-0.15, -0.1) is 0 Å². The fourth-order valence-electron chi connectivity index (χ4n) is 1.60. The van der Waals surface area contributed by atoms with Gasteiger partial charge in [0.1, 0.15) is 12.4 Å². The minimum absolute atomic E-state index is 0.301. The molecule has 5 heteroatoms. The van der Waals surface area contributed by atoms with E-state index in [1.807, 2.05) is 0 Å². The first-order valence-electron chi connectivity index (χ1n) is 5.60. The number of ether oxygens (including phenoxy) is 2. The Hall–Kier alpha value is -1.75. The number of hydrogen-bond donors (Lipinski definition) is 1. The molecule has 0 aromatic heterocycles. The minimum Gasteiger partial charge on any atom is -0.493 e. The lowest BCUT2D eigenvalue weighted by atomic mass is 10.2. The summed E-state index contributed by atoms with van der Waals surface area (Å²) in [5.74, 6) is 0.864. The number of nitrogens with two attached hydrogens (primary N) is 1. The van der Waals surface area contributed by atoms with Gasteiger partial charge in [0.2, 0.25) is 0 Å². The molecule has 0 aliphatic rings. The summed E-state index contributed by atoms with van der Waals surface area (Å²) in [7, 11) is 1.56. The fraction of sp³-hybridized carbons (Fsp3) is 0.143. The molecule has 0 saturated heterocycles. The van der Waals surface area contributed by atoms with E-state index in [1.54, 1.807) is 37.4 Å². The lowest BCUT2D eigenvalue weighted by Crippen LogP contribution is -1.99. The number of hydrogen-bond acceptors (Lipinski definition) is 3. The summed E-state index contributed by atoms with van der Waals surface area (Å²) in [5, 5.41) is 0. The predicted molar refractivity (Wildman–Crippen MR) is 75.8 cm³/mol. The standard InChI is InChI=1S/C14H13BrFNO2/c1-18-13-5-3-10(17)7-14(13)19-8-9-2-4-12(16)11(15)6-9/h2-7H,8,17H2,1H3. The van der Waals surface area contributed by atoms with Gasteiger partial charge in [0.15, 0.2) is 11.5 Å². The maximum Gasteiger partial charge on any atom is 0.163 e. The SMILES string of the molecule is COc1ccc(N)cc1OCc1ccc(F)c(Br)c1. The van der Waals surface area contributed by atoms with Crippen LogP contribution in [0.2, 0.25) is 0 Å². The Morgan fingerprint density at radius 2 is 1.95 bits per heavy atom. The zero-order valence-corrected chi connectivity index (χ0v) is 11.9. The van der Waals surface area contributed by atoms with Gasteiger partial charge in [0.05, 0.1) is 11.6 Å². The third-order valence-corrected chi connectivity index (χ3v) is 3.17. The van der Waals surface area contributed by atoms with Gasteiger partial charge in [-0.1, -0.05) is 6.07 Å². The van der Waals surface area contributed by atoms with E-state index in [2.05, 4.69) is 15.9 Å². The van der Waals surface area contributed by atoms with Gasteiger partial charge in [-0.05, 0) is 45.8 Å². The highest BCUT2D eigenvalue weighted by Crippen LogP contribution is 2.30. The van der Waals surface area contributed by atoms with Crippen molar-refractivity contribution in [2.45, 2.75) is 6.61 Å². The summed E-state index contributed by atoms with van der Waals surface area (Å²) in [6, 6.07) is 9.90. The van der Waals surface area contributed by atoms with Gasteiger partial charge >= 0.3 is 0 Å². The number of halogens is 2. The van der Waals surface area contributed by atoms with Crippen molar-refractivity contribution in [1.29, 1.82) is 0 Å². The summed E-state index contributed by atoms with van der Waals surface area (Å²) in [4.78, 5) is 0. The number of anilines is 1. The monoisotopic (exact) mass is 325 g/mol. The molecular formula is C14H13BrFNO2. The van der Waals surface area contributed by atoms with Crippen LogP contribution in [-0.2, 0) is 6.61 Å². The van der Waals surface area contributed by atoms with Crippen LogP contribution >= 0.6 is 15.9 Å². The topological polar surface area (TPSA) is 44.5 Å². The van der Waals surface area contributed by atoms with Crippen molar-refractivity contribution in [2.24, 2.45) is 0 Å². The quantitative estimate of drug-likeness (QED) is 0.870. The van der Waals surface area contributed by atoms with Crippen molar-refractivity contribution in [3.63, 3.8) is 0 Å². The number of benzene rings is 2.